The summed E-state index contributed by atoms with van der Waals surface area (Å²) >= 11 is 0. The second kappa shape index (κ2) is 7.13. The summed E-state index contributed by atoms with van der Waals surface area (Å²) in [6.45, 7) is 2.69. The first-order chi connectivity index (χ1) is 13.4. The van der Waals surface area contributed by atoms with Crippen LogP contribution < -0.4 is 10.4 Å². The highest BCUT2D eigenvalue weighted by atomic mass is 32.2. The normalized spacial score (nSPS) is 13.9. The first-order valence-electron chi connectivity index (χ1n) is 8.97. The lowest BCUT2D eigenvalue weighted by atomic mass is 10.00. The molecule has 2 aromatic carbocycles. The molecule has 0 aliphatic carbocycles. The molecule has 0 bridgehead atoms. The first kappa shape index (κ1) is 18.3. The van der Waals surface area contributed by atoms with E-state index < -0.39 is 9.84 Å². The van der Waals surface area contributed by atoms with Crippen molar-refractivity contribution >= 4 is 21.2 Å². The molecule has 0 spiro atoms. The van der Waals surface area contributed by atoms with Gasteiger partial charge in [-0.1, -0.05) is 36.4 Å². The van der Waals surface area contributed by atoms with Crippen molar-refractivity contribution in [3.05, 3.63) is 84.2 Å². The molecule has 1 aliphatic rings. The SMILES string of the molecule is Cc1cccc(N2CC(c3cccc(-c4ccc(S(C)(=O)=O)cc4)c3)=CN2)n1. The van der Waals surface area contributed by atoms with Crippen LogP contribution in [-0.2, 0) is 9.84 Å². The molecule has 0 amide bonds. The number of benzene rings is 2. The van der Waals surface area contributed by atoms with Gasteiger partial charge in [-0.25, -0.2) is 13.4 Å². The van der Waals surface area contributed by atoms with Crippen LogP contribution in [0.5, 0.6) is 0 Å². The highest BCUT2D eigenvalue weighted by Gasteiger charge is 2.17. The smallest absolute Gasteiger partial charge is 0.175 e. The van der Waals surface area contributed by atoms with Crippen LogP contribution in [0.25, 0.3) is 16.7 Å². The fourth-order valence-electron chi connectivity index (χ4n) is 3.21. The lowest BCUT2D eigenvalue weighted by Gasteiger charge is -2.18. The van der Waals surface area contributed by atoms with Crippen LogP contribution in [0.3, 0.4) is 0 Å². The summed E-state index contributed by atoms with van der Waals surface area (Å²) in [6, 6.07) is 21.2. The predicted octanol–water partition coefficient (Wildman–Crippen LogP) is 3.83. The molecule has 0 fully saturated rings. The van der Waals surface area contributed by atoms with Gasteiger partial charge in [0, 0.05) is 18.1 Å². The quantitative estimate of drug-likeness (QED) is 0.732. The molecule has 1 aliphatic heterocycles. The standard InChI is InChI=1S/C22H21N3O2S/c1-16-5-3-8-22(24-16)25-15-20(14-23-25)19-7-4-6-18(13-19)17-9-11-21(12-10-17)28(2,26)27/h3-14,23H,15H2,1-2H3. The lowest BCUT2D eigenvalue weighted by Crippen LogP contribution is -2.30. The maximum Gasteiger partial charge on any atom is 0.175 e. The molecule has 6 heteroatoms. The van der Waals surface area contributed by atoms with Crippen LogP contribution in [0.2, 0.25) is 0 Å². The third-order valence-electron chi connectivity index (χ3n) is 4.72. The Hall–Kier alpha value is -3.12. The Balaban J connectivity index is 1.56. The summed E-state index contributed by atoms with van der Waals surface area (Å²) in [5, 5.41) is 2.01. The van der Waals surface area contributed by atoms with Crippen LogP contribution in [0.15, 0.2) is 77.8 Å². The average Bonchev–Trinajstić information content (AvgIpc) is 3.18. The molecule has 3 aromatic rings. The van der Waals surface area contributed by atoms with Crippen LogP contribution in [0.4, 0.5) is 5.82 Å². The van der Waals surface area contributed by atoms with Gasteiger partial charge in [-0.2, -0.15) is 0 Å². The Morgan fingerprint density at radius 2 is 1.64 bits per heavy atom. The monoisotopic (exact) mass is 391 g/mol. The lowest BCUT2D eigenvalue weighted by molar-refractivity contribution is 0.602. The molecule has 0 saturated carbocycles. The Morgan fingerprint density at radius 3 is 2.36 bits per heavy atom. The van der Waals surface area contributed by atoms with Crippen molar-refractivity contribution in [1.82, 2.24) is 10.4 Å². The minimum atomic E-state index is -3.19. The zero-order valence-corrected chi connectivity index (χ0v) is 16.6. The third-order valence-corrected chi connectivity index (χ3v) is 5.85. The summed E-state index contributed by atoms with van der Waals surface area (Å²) < 4.78 is 23.3. The molecule has 2 heterocycles. The average molecular weight is 391 g/mol. The molecule has 0 radical (unpaired) electrons. The summed E-state index contributed by atoms with van der Waals surface area (Å²) in [5.74, 6) is 0.888. The van der Waals surface area contributed by atoms with Gasteiger partial charge in [0.2, 0.25) is 0 Å². The number of rotatable bonds is 4. The van der Waals surface area contributed by atoms with Gasteiger partial charge in [-0.15, -0.1) is 0 Å². The van der Waals surface area contributed by atoms with E-state index in [0.717, 1.165) is 33.8 Å². The molecule has 5 nitrogen and oxygen atoms in total. The van der Waals surface area contributed by atoms with Gasteiger partial charge in [0.05, 0.1) is 11.4 Å². The zero-order valence-electron chi connectivity index (χ0n) is 15.8. The maximum absolute atomic E-state index is 11.7. The van der Waals surface area contributed by atoms with Gasteiger partial charge >= 0.3 is 0 Å². The topological polar surface area (TPSA) is 62.3 Å². The molecule has 28 heavy (non-hydrogen) atoms. The van der Waals surface area contributed by atoms with E-state index in [1.54, 1.807) is 12.1 Å². The number of hydrazine groups is 1. The minimum Gasteiger partial charge on any atom is -0.304 e. The molecule has 0 unspecified atom stereocenters. The van der Waals surface area contributed by atoms with E-state index in [1.807, 2.05) is 60.6 Å². The van der Waals surface area contributed by atoms with Crippen molar-refractivity contribution in [2.24, 2.45) is 0 Å². The van der Waals surface area contributed by atoms with Gasteiger partial charge in [0.15, 0.2) is 9.84 Å². The van der Waals surface area contributed by atoms with Crippen molar-refractivity contribution in [2.45, 2.75) is 11.8 Å². The number of nitrogens with zero attached hydrogens (tertiary/aromatic N) is 2. The predicted molar refractivity (Wildman–Crippen MR) is 112 cm³/mol. The van der Waals surface area contributed by atoms with Crippen molar-refractivity contribution in [3.63, 3.8) is 0 Å². The van der Waals surface area contributed by atoms with E-state index >= 15 is 0 Å². The number of nitrogens with one attached hydrogen (secondary N) is 1. The summed E-state index contributed by atoms with van der Waals surface area (Å²) in [6.07, 6.45) is 3.22. The fourth-order valence-corrected chi connectivity index (χ4v) is 3.84. The largest absolute Gasteiger partial charge is 0.304 e. The number of anilines is 1. The Bertz CT molecular complexity index is 1150. The first-order valence-corrected chi connectivity index (χ1v) is 10.9. The van der Waals surface area contributed by atoms with E-state index in [0.29, 0.717) is 11.4 Å². The van der Waals surface area contributed by atoms with E-state index in [1.165, 1.54) is 6.26 Å². The summed E-state index contributed by atoms with van der Waals surface area (Å²) in [4.78, 5) is 4.89. The Morgan fingerprint density at radius 1 is 0.929 bits per heavy atom. The molecular formula is C22H21N3O2S. The Labute approximate surface area is 165 Å². The van der Waals surface area contributed by atoms with Gasteiger partial charge in [-0.3, -0.25) is 5.01 Å². The summed E-state index contributed by atoms with van der Waals surface area (Å²) in [5.41, 5.74) is 8.57. The number of aromatic nitrogens is 1. The molecule has 142 valence electrons. The molecule has 4 rings (SSSR count). The number of sulfone groups is 1. The van der Waals surface area contributed by atoms with Gasteiger partial charge in [0.25, 0.3) is 0 Å². The van der Waals surface area contributed by atoms with Crippen LogP contribution in [-0.4, -0.2) is 26.2 Å². The van der Waals surface area contributed by atoms with Crippen LogP contribution >= 0.6 is 0 Å². The van der Waals surface area contributed by atoms with Crippen molar-refractivity contribution in [3.8, 4) is 11.1 Å². The Kier molecular flexibility index (Phi) is 4.65. The second-order valence-corrected chi connectivity index (χ2v) is 8.92. The maximum atomic E-state index is 11.7. The number of pyridine rings is 1. The van der Waals surface area contributed by atoms with E-state index in [4.69, 9.17) is 0 Å². The van der Waals surface area contributed by atoms with Crippen LogP contribution in [0, 0.1) is 6.92 Å². The second-order valence-electron chi connectivity index (χ2n) is 6.90. The summed E-state index contributed by atoms with van der Waals surface area (Å²) in [7, 11) is -3.19. The van der Waals surface area contributed by atoms with Crippen molar-refractivity contribution in [2.75, 3.05) is 17.8 Å². The fraction of sp³-hybridized carbons (Fsp3) is 0.136. The number of aryl methyl sites for hydroxylation is 1. The highest BCUT2D eigenvalue weighted by Crippen LogP contribution is 2.27. The third kappa shape index (κ3) is 3.77. The van der Waals surface area contributed by atoms with Gasteiger partial charge in [0.1, 0.15) is 5.82 Å². The number of hydrogen-bond donors (Lipinski definition) is 1. The van der Waals surface area contributed by atoms with Crippen molar-refractivity contribution in [1.29, 1.82) is 0 Å². The number of hydrogen-bond acceptors (Lipinski definition) is 5. The van der Waals surface area contributed by atoms with Gasteiger partial charge in [-0.05, 0) is 59.5 Å². The van der Waals surface area contributed by atoms with E-state index in [2.05, 4.69) is 22.5 Å². The van der Waals surface area contributed by atoms with E-state index in [9.17, 15) is 8.42 Å². The molecule has 1 N–H and O–H groups in total. The van der Waals surface area contributed by atoms with Gasteiger partial charge < -0.3 is 5.43 Å². The molecule has 0 atom stereocenters. The highest BCUT2D eigenvalue weighted by molar-refractivity contribution is 7.90. The van der Waals surface area contributed by atoms with E-state index in [-0.39, 0.29) is 0 Å². The molecular weight excluding hydrogens is 370 g/mol. The van der Waals surface area contributed by atoms with Crippen LogP contribution in [0.1, 0.15) is 11.3 Å². The van der Waals surface area contributed by atoms with Crippen molar-refractivity contribution < 1.29 is 8.42 Å². The zero-order chi connectivity index (χ0) is 19.7. The molecule has 1 aromatic heterocycles. The molecule has 0 saturated heterocycles. The minimum absolute atomic E-state index is 0.330.